The number of methoxy groups -OCH3 is 1. The highest BCUT2D eigenvalue weighted by molar-refractivity contribution is 7.07. The summed E-state index contributed by atoms with van der Waals surface area (Å²) in [5, 5.41) is 19.4. The smallest absolute Gasteiger partial charge is 0.205 e. The third-order valence-corrected chi connectivity index (χ3v) is 5.71. The van der Waals surface area contributed by atoms with Crippen molar-refractivity contribution in [3.05, 3.63) is 76.4 Å². The Balaban J connectivity index is 1.89. The minimum absolute atomic E-state index is 0.231. The van der Waals surface area contributed by atoms with Crippen LogP contribution in [0, 0.1) is 0 Å². The zero-order valence-electron chi connectivity index (χ0n) is 16.5. The SMILES string of the molecule is CN=c1scc(-c2ccccc2OC)n1N=C(C)c1ccc2ccccc2c1O. The largest absolute Gasteiger partial charge is 0.507 e. The zero-order chi connectivity index (χ0) is 20.4. The van der Waals surface area contributed by atoms with E-state index in [-0.39, 0.29) is 5.75 Å². The number of phenolic OH excluding ortho intramolecular Hbond substituents is 1. The molecule has 0 aliphatic heterocycles. The predicted molar refractivity (Wildman–Crippen MR) is 119 cm³/mol. The number of thiazole rings is 1. The average molecular weight is 404 g/mol. The molecule has 0 saturated heterocycles. The number of aromatic nitrogens is 1. The Labute approximate surface area is 172 Å². The van der Waals surface area contributed by atoms with E-state index in [2.05, 4.69) is 4.99 Å². The fourth-order valence-corrected chi connectivity index (χ4v) is 4.13. The summed E-state index contributed by atoms with van der Waals surface area (Å²) in [7, 11) is 3.40. The van der Waals surface area contributed by atoms with Gasteiger partial charge >= 0.3 is 0 Å². The highest BCUT2D eigenvalue weighted by Gasteiger charge is 2.14. The normalized spacial score (nSPS) is 12.5. The first-order chi connectivity index (χ1) is 14.1. The van der Waals surface area contributed by atoms with Gasteiger partial charge < -0.3 is 9.84 Å². The highest BCUT2D eigenvalue weighted by Crippen LogP contribution is 2.31. The van der Waals surface area contributed by atoms with Crippen molar-refractivity contribution in [1.29, 1.82) is 0 Å². The summed E-state index contributed by atoms with van der Waals surface area (Å²) in [6.07, 6.45) is 0. The molecule has 3 aromatic carbocycles. The van der Waals surface area contributed by atoms with Crippen LogP contribution in [0.1, 0.15) is 12.5 Å². The van der Waals surface area contributed by atoms with Crippen molar-refractivity contribution in [1.82, 2.24) is 4.68 Å². The molecule has 29 heavy (non-hydrogen) atoms. The van der Waals surface area contributed by atoms with Gasteiger partial charge in [-0.2, -0.15) is 5.10 Å². The lowest BCUT2D eigenvalue weighted by Crippen LogP contribution is -2.14. The van der Waals surface area contributed by atoms with Gasteiger partial charge in [0.25, 0.3) is 0 Å². The molecule has 6 heteroatoms. The molecule has 0 spiro atoms. The number of nitrogens with zero attached hydrogens (tertiary/aromatic N) is 3. The Morgan fingerprint density at radius 3 is 2.59 bits per heavy atom. The van der Waals surface area contributed by atoms with Gasteiger partial charge in [0, 0.05) is 28.9 Å². The van der Waals surface area contributed by atoms with Crippen molar-refractivity contribution >= 4 is 27.8 Å². The van der Waals surface area contributed by atoms with E-state index in [4.69, 9.17) is 9.84 Å². The van der Waals surface area contributed by atoms with E-state index in [0.717, 1.165) is 32.6 Å². The van der Waals surface area contributed by atoms with Crippen molar-refractivity contribution in [3.8, 4) is 22.8 Å². The number of benzene rings is 3. The van der Waals surface area contributed by atoms with Gasteiger partial charge in [0.05, 0.1) is 18.5 Å². The van der Waals surface area contributed by atoms with Crippen molar-refractivity contribution in [2.24, 2.45) is 10.1 Å². The molecule has 1 heterocycles. The maximum atomic E-state index is 10.8. The summed E-state index contributed by atoms with van der Waals surface area (Å²) >= 11 is 1.51. The molecule has 0 fully saturated rings. The molecule has 0 aliphatic carbocycles. The molecule has 0 aliphatic rings. The number of fused-ring (bicyclic) bond motifs is 1. The summed E-state index contributed by atoms with van der Waals surface area (Å²) in [5.74, 6) is 0.997. The molecule has 0 atom stereocenters. The Morgan fingerprint density at radius 1 is 1.03 bits per heavy atom. The van der Waals surface area contributed by atoms with Gasteiger partial charge in [-0.15, -0.1) is 11.3 Å². The third-order valence-electron chi connectivity index (χ3n) is 4.80. The second-order valence-corrected chi connectivity index (χ2v) is 7.34. The van der Waals surface area contributed by atoms with Gasteiger partial charge in [-0.1, -0.05) is 42.5 Å². The maximum absolute atomic E-state index is 10.8. The van der Waals surface area contributed by atoms with Gasteiger partial charge in [-0.3, -0.25) is 4.99 Å². The van der Waals surface area contributed by atoms with E-state index in [9.17, 15) is 5.11 Å². The number of phenols is 1. The van der Waals surface area contributed by atoms with E-state index >= 15 is 0 Å². The summed E-state index contributed by atoms with van der Waals surface area (Å²) in [6.45, 7) is 1.89. The minimum atomic E-state index is 0.231. The lowest BCUT2D eigenvalue weighted by Gasteiger charge is -2.11. The zero-order valence-corrected chi connectivity index (χ0v) is 17.3. The molecule has 0 unspecified atom stereocenters. The lowest BCUT2D eigenvalue weighted by molar-refractivity contribution is 0.416. The summed E-state index contributed by atoms with van der Waals surface area (Å²) in [6, 6.07) is 19.5. The molecule has 1 N–H and O–H groups in total. The predicted octanol–water partition coefficient (Wildman–Crippen LogP) is 4.89. The molecular weight excluding hydrogens is 382 g/mol. The van der Waals surface area contributed by atoms with E-state index in [1.54, 1.807) is 18.8 Å². The van der Waals surface area contributed by atoms with E-state index in [1.165, 1.54) is 11.3 Å². The molecule has 0 bridgehead atoms. The molecule has 1 aromatic heterocycles. The van der Waals surface area contributed by atoms with Crippen LogP contribution >= 0.6 is 11.3 Å². The van der Waals surface area contributed by atoms with Gasteiger partial charge in [-0.25, -0.2) is 4.68 Å². The monoisotopic (exact) mass is 403 g/mol. The number of aromatic hydroxyl groups is 1. The van der Waals surface area contributed by atoms with Crippen LogP contribution < -0.4 is 9.54 Å². The number of hydrogen-bond donors (Lipinski definition) is 1. The van der Waals surface area contributed by atoms with Crippen LogP contribution in [0.5, 0.6) is 11.5 Å². The van der Waals surface area contributed by atoms with Gasteiger partial charge in [0.2, 0.25) is 4.80 Å². The standard InChI is InChI=1S/C23H21N3O2S/c1-15(17-13-12-16-8-4-5-9-18(16)22(17)27)25-26-20(14-29-23(26)24-2)19-10-6-7-11-21(19)28-3/h4-14,27H,1-3H3. The van der Waals surface area contributed by atoms with E-state index < -0.39 is 0 Å². The molecule has 4 rings (SSSR count). The first kappa shape index (κ1) is 19.0. The van der Waals surface area contributed by atoms with Crippen LogP contribution in [0.3, 0.4) is 0 Å². The van der Waals surface area contributed by atoms with Crippen molar-refractivity contribution in [2.45, 2.75) is 6.92 Å². The fraction of sp³-hybridized carbons (Fsp3) is 0.130. The van der Waals surface area contributed by atoms with Gasteiger partial charge in [0.15, 0.2) is 0 Å². The Morgan fingerprint density at radius 2 is 1.79 bits per heavy atom. The van der Waals surface area contributed by atoms with Crippen LogP contribution in [0.15, 0.2) is 76.1 Å². The molecule has 0 radical (unpaired) electrons. The lowest BCUT2D eigenvalue weighted by atomic mass is 10.0. The van der Waals surface area contributed by atoms with E-state index in [1.807, 2.05) is 73.0 Å². The van der Waals surface area contributed by atoms with Crippen LogP contribution in [0.25, 0.3) is 22.0 Å². The Bertz CT molecular complexity index is 1280. The molecule has 0 saturated carbocycles. The number of ether oxygens (including phenoxy) is 1. The maximum Gasteiger partial charge on any atom is 0.205 e. The van der Waals surface area contributed by atoms with Gasteiger partial charge in [-0.05, 0) is 30.5 Å². The topological polar surface area (TPSA) is 59.1 Å². The Hall–Kier alpha value is -3.38. The number of hydrogen-bond acceptors (Lipinski definition) is 5. The molecular formula is C23H21N3O2S. The fourth-order valence-electron chi connectivity index (χ4n) is 3.34. The summed E-state index contributed by atoms with van der Waals surface area (Å²) in [4.78, 5) is 5.12. The van der Waals surface area contributed by atoms with E-state index in [0.29, 0.717) is 11.3 Å². The van der Waals surface area contributed by atoms with Gasteiger partial charge in [0.1, 0.15) is 11.5 Å². The van der Waals surface area contributed by atoms with Crippen LogP contribution in [-0.2, 0) is 0 Å². The average Bonchev–Trinajstić information content (AvgIpc) is 3.16. The third kappa shape index (κ3) is 3.43. The first-order valence-corrected chi connectivity index (χ1v) is 10.1. The second-order valence-electron chi connectivity index (χ2n) is 6.51. The molecule has 4 aromatic rings. The summed E-state index contributed by atoms with van der Waals surface area (Å²) < 4.78 is 7.32. The summed E-state index contributed by atoms with van der Waals surface area (Å²) in [5.41, 5.74) is 3.20. The van der Waals surface area contributed by atoms with Crippen LogP contribution in [-0.4, -0.2) is 29.7 Å². The minimum Gasteiger partial charge on any atom is -0.507 e. The quantitative estimate of drug-likeness (QED) is 0.493. The molecule has 146 valence electrons. The van der Waals surface area contributed by atoms with Crippen LogP contribution in [0.2, 0.25) is 0 Å². The Kier molecular flexibility index (Phi) is 5.18. The highest BCUT2D eigenvalue weighted by atomic mass is 32.1. The molecule has 5 nitrogen and oxygen atoms in total. The second kappa shape index (κ2) is 7.93. The molecule has 0 amide bonds. The first-order valence-electron chi connectivity index (χ1n) is 9.17. The van der Waals surface area contributed by atoms with Crippen molar-refractivity contribution in [2.75, 3.05) is 14.2 Å². The van der Waals surface area contributed by atoms with Crippen molar-refractivity contribution < 1.29 is 9.84 Å². The number of rotatable bonds is 4. The van der Waals surface area contributed by atoms with Crippen molar-refractivity contribution in [3.63, 3.8) is 0 Å². The van der Waals surface area contributed by atoms with Crippen LogP contribution in [0.4, 0.5) is 0 Å². The number of para-hydroxylation sites is 1.